The number of rotatable bonds is 7. The summed E-state index contributed by atoms with van der Waals surface area (Å²) in [6, 6.07) is 17.1. The Kier molecular flexibility index (Phi) is 8.61. The summed E-state index contributed by atoms with van der Waals surface area (Å²) in [5.41, 5.74) is 2.91. The highest BCUT2D eigenvalue weighted by Crippen LogP contribution is 2.52. The Labute approximate surface area is 222 Å². The van der Waals surface area contributed by atoms with Gasteiger partial charge in [0.25, 0.3) is 0 Å². The summed E-state index contributed by atoms with van der Waals surface area (Å²) in [6.07, 6.45) is 3.29. The largest absolute Gasteiger partial charge is 0.471 e. The standard InChI is InChI=1S/C20H23F3N2O3.C10H12/c1-28-17(26)14-4-2-13(3-5-14)10-24-11-19(12-24)8-16(9-19)25(15-6-7-15)18(27)20(21,22)23;1-2-3-7-10-8-5-4-6-9-10/h2-5,15-16H,6-12H2,1H3;3-9H,2H2,1H3/b;7-3-. The summed E-state index contributed by atoms with van der Waals surface area (Å²) in [5, 5.41) is 0. The summed E-state index contributed by atoms with van der Waals surface area (Å²) in [6.45, 7) is 4.54. The highest BCUT2D eigenvalue weighted by atomic mass is 19.4. The summed E-state index contributed by atoms with van der Waals surface area (Å²) in [4.78, 5) is 26.6. The highest BCUT2D eigenvalue weighted by molar-refractivity contribution is 5.89. The molecule has 3 fully saturated rings. The van der Waals surface area contributed by atoms with Crippen molar-refractivity contribution >= 4 is 18.0 Å². The van der Waals surface area contributed by atoms with Crippen LogP contribution in [0.4, 0.5) is 13.2 Å². The molecule has 204 valence electrons. The Balaban J connectivity index is 0.000000283. The van der Waals surface area contributed by atoms with E-state index < -0.39 is 12.1 Å². The van der Waals surface area contributed by atoms with Crippen LogP contribution in [0.15, 0.2) is 60.7 Å². The van der Waals surface area contributed by atoms with Crippen molar-refractivity contribution in [1.29, 1.82) is 0 Å². The number of alkyl halides is 3. The number of benzene rings is 2. The number of halogens is 3. The number of methoxy groups -OCH3 is 1. The van der Waals surface area contributed by atoms with E-state index in [-0.39, 0.29) is 23.5 Å². The Morgan fingerprint density at radius 3 is 2.18 bits per heavy atom. The average Bonchev–Trinajstić information content (AvgIpc) is 3.70. The maximum absolute atomic E-state index is 12.9. The van der Waals surface area contributed by atoms with E-state index in [0.29, 0.717) is 31.2 Å². The molecule has 0 unspecified atom stereocenters. The first kappa shape index (κ1) is 27.9. The molecular formula is C30H35F3N2O3. The zero-order valence-corrected chi connectivity index (χ0v) is 21.9. The number of amides is 1. The molecule has 38 heavy (non-hydrogen) atoms. The maximum Gasteiger partial charge on any atom is 0.471 e. The first-order valence-electron chi connectivity index (χ1n) is 13.1. The van der Waals surface area contributed by atoms with Crippen molar-refractivity contribution < 1.29 is 27.5 Å². The van der Waals surface area contributed by atoms with E-state index >= 15 is 0 Å². The molecule has 0 N–H and O–H groups in total. The van der Waals surface area contributed by atoms with Crippen molar-refractivity contribution in [3.8, 4) is 0 Å². The molecule has 0 aromatic heterocycles. The first-order chi connectivity index (χ1) is 18.1. The van der Waals surface area contributed by atoms with Gasteiger partial charge in [0.2, 0.25) is 0 Å². The van der Waals surface area contributed by atoms with E-state index in [1.807, 2.05) is 18.2 Å². The molecule has 5 rings (SSSR count). The highest BCUT2D eigenvalue weighted by Gasteiger charge is 2.58. The van der Waals surface area contributed by atoms with Gasteiger partial charge in [0.1, 0.15) is 0 Å². The summed E-state index contributed by atoms with van der Waals surface area (Å²) in [5.74, 6) is -2.04. The predicted molar refractivity (Wildman–Crippen MR) is 140 cm³/mol. The van der Waals surface area contributed by atoms with Crippen LogP contribution in [-0.4, -0.2) is 60.1 Å². The van der Waals surface area contributed by atoms with Crippen LogP contribution in [0.5, 0.6) is 0 Å². The van der Waals surface area contributed by atoms with Crippen molar-refractivity contribution in [2.45, 2.75) is 63.8 Å². The molecule has 2 aromatic rings. The second-order valence-electron chi connectivity index (χ2n) is 10.6. The molecular weight excluding hydrogens is 493 g/mol. The van der Waals surface area contributed by atoms with Crippen LogP contribution in [-0.2, 0) is 16.1 Å². The van der Waals surface area contributed by atoms with Crippen molar-refractivity contribution in [1.82, 2.24) is 9.80 Å². The lowest BCUT2D eigenvalue weighted by atomic mass is 9.60. The number of hydrogen-bond acceptors (Lipinski definition) is 4. The fourth-order valence-electron chi connectivity index (χ4n) is 5.48. The van der Waals surface area contributed by atoms with Gasteiger partial charge < -0.3 is 9.64 Å². The van der Waals surface area contributed by atoms with Gasteiger partial charge in [-0.15, -0.1) is 0 Å². The second-order valence-corrected chi connectivity index (χ2v) is 10.6. The minimum absolute atomic E-state index is 0.0512. The molecule has 5 nitrogen and oxygen atoms in total. The maximum atomic E-state index is 12.9. The van der Waals surface area contributed by atoms with Crippen LogP contribution in [0, 0.1) is 5.41 Å². The van der Waals surface area contributed by atoms with E-state index in [9.17, 15) is 22.8 Å². The molecule has 0 bridgehead atoms. The number of likely N-dealkylation sites (tertiary alicyclic amines) is 1. The van der Waals surface area contributed by atoms with Crippen LogP contribution < -0.4 is 0 Å². The van der Waals surface area contributed by atoms with Crippen LogP contribution in [0.25, 0.3) is 6.08 Å². The molecule has 8 heteroatoms. The summed E-state index contributed by atoms with van der Waals surface area (Å²) >= 11 is 0. The van der Waals surface area contributed by atoms with Gasteiger partial charge in [-0.25, -0.2) is 4.79 Å². The molecule has 2 saturated carbocycles. The zero-order valence-electron chi connectivity index (χ0n) is 21.9. The van der Waals surface area contributed by atoms with Gasteiger partial charge in [0.15, 0.2) is 0 Å². The second kappa shape index (κ2) is 11.7. The number of hydrogen-bond donors (Lipinski definition) is 0. The van der Waals surface area contributed by atoms with E-state index in [1.165, 1.54) is 12.7 Å². The number of ether oxygens (including phenoxy) is 1. The SMILES string of the molecule is CC/C=C\c1ccccc1.COC(=O)c1ccc(CN2CC3(CC(N(C(=O)C(F)(F)F)C4CC4)C3)C2)cc1. The van der Waals surface area contributed by atoms with Crippen LogP contribution >= 0.6 is 0 Å². The van der Waals surface area contributed by atoms with Crippen LogP contribution in [0.2, 0.25) is 0 Å². The van der Waals surface area contributed by atoms with Gasteiger partial charge >= 0.3 is 18.1 Å². The number of nitrogens with zero attached hydrogens (tertiary/aromatic N) is 2. The van der Waals surface area contributed by atoms with Crippen molar-refractivity contribution in [2.75, 3.05) is 20.2 Å². The minimum Gasteiger partial charge on any atom is -0.465 e. The number of carbonyl (C=O) groups is 2. The Morgan fingerprint density at radius 1 is 1.03 bits per heavy atom. The summed E-state index contributed by atoms with van der Waals surface area (Å²) in [7, 11) is 1.34. The third-order valence-corrected chi connectivity index (χ3v) is 7.39. The third kappa shape index (κ3) is 6.84. The normalized spacial score (nSPS) is 18.8. The molecule has 1 saturated heterocycles. The fraction of sp³-hybridized carbons (Fsp3) is 0.467. The van der Waals surface area contributed by atoms with Gasteiger partial charge in [0.05, 0.1) is 12.7 Å². The molecule has 0 radical (unpaired) electrons. The molecule has 2 aromatic carbocycles. The third-order valence-electron chi connectivity index (χ3n) is 7.39. The molecule has 0 atom stereocenters. The lowest BCUT2D eigenvalue weighted by molar-refractivity contribution is -0.197. The van der Waals surface area contributed by atoms with Gasteiger partial charge in [-0.1, -0.05) is 61.5 Å². The van der Waals surface area contributed by atoms with Gasteiger partial charge in [0, 0.05) is 31.7 Å². The van der Waals surface area contributed by atoms with E-state index in [1.54, 1.807) is 12.1 Å². The average molecular weight is 529 g/mol. The van der Waals surface area contributed by atoms with Crippen molar-refractivity contribution in [3.63, 3.8) is 0 Å². The lowest BCUT2D eigenvalue weighted by Gasteiger charge is -2.61. The number of carbonyl (C=O) groups excluding carboxylic acids is 2. The molecule has 1 heterocycles. The smallest absolute Gasteiger partial charge is 0.465 e. The first-order valence-corrected chi connectivity index (χ1v) is 13.1. The number of allylic oxidation sites excluding steroid dienone is 1. The van der Waals surface area contributed by atoms with Crippen LogP contribution in [0.1, 0.15) is 60.5 Å². The molecule has 1 spiro atoms. The monoisotopic (exact) mass is 528 g/mol. The van der Waals surface area contributed by atoms with Gasteiger partial charge in [-0.2, -0.15) is 13.2 Å². The lowest BCUT2D eigenvalue weighted by Crippen LogP contribution is -2.67. The molecule has 1 aliphatic heterocycles. The zero-order chi connectivity index (χ0) is 27.3. The molecule has 2 aliphatic carbocycles. The van der Waals surface area contributed by atoms with E-state index in [0.717, 1.165) is 36.5 Å². The Bertz CT molecular complexity index is 1110. The van der Waals surface area contributed by atoms with Gasteiger partial charge in [-0.05, 0) is 60.8 Å². The van der Waals surface area contributed by atoms with E-state index in [4.69, 9.17) is 0 Å². The molecule has 3 aliphatic rings. The predicted octanol–water partition coefficient (Wildman–Crippen LogP) is 6.10. The van der Waals surface area contributed by atoms with Crippen LogP contribution in [0.3, 0.4) is 0 Å². The quantitative estimate of drug-likeness (QED) is 0.408. The van der Waals surface area contributed by atoms with Crippen molar-refractivity contribution in [2.24, 2.45) is 5.41 Å². The number of esters is 1. The van der Waals surface area contributed by atoms with Gasteiger partial charge in [-0.3, -0.25) is 9.69 Å². The Morgan fingerprint density at radius 2 is 1.66 bits per heavy atom. The summed E-state index contributed by atoms with van der Waals surface area (Å²) < 4.78 is 43.3. The Hall–Kier alpha value is -3.13. The fourth-order valence-corrected chi connectivity index (χ4v) is 5.48. The van der Waals surface area contributed by atoms with Crippen molar-refractivity contribution in [3.05, 3.63) is 77.4 Å². The van der Waals surface area contributed by atoms with E-state index in [2.05, 4.69) is 53.0 Å². The molecule has 1 amide bonds. The minimum atomic E-state index is -4.78. The topological polar surface area (TPSA) is 49.9 Å².